The van der Waals surface area contributed by atoms with Crippen molar-refractivity contribution in [3.8, 4) is 0 Å². The number of amides is 2. The summed E-state index contributed by atoms with van der Waals surface area (Å²) < 4.78 is 0. The summed E-state index contributed by atoms with van der Waals surface area (Å²) in [4.78, 5) is 23.3. The first-order valence-corrected chi connectivity index (χ1v) is 6.40. The maximum atomic E-state index is 11.5. The fraction of sp³-hybridized carbons (Fsp3) is 0.455. The lowest BCUT2D eigenvalue weighted by Crippen LogP contribution is -2.30. The molecule has 0 aromatic carbocycles. The van der Waals surface area contributed by atoms with Gasteiger partial charge in [0.2, 0.25) is 5.91 Å². The molecule has 0 radical (unpaired) electrons. The molecular formula is C11H17N3O2S. The second-order valence-corrected chi connectivity index (χ2v) is 4.42. The van der Waals surface area contributed by atoms with Crippen LogP contribution in [0.5, 0.6) is 0 Å². The molecule has 0 aliphatic carbocycles. The van der Waals surface area contributed by atoms with Crippen molar-refractivity contribution in [2.75, 3.05) is 19.6 Å². The van der Waals surface area contributed by atoms with Crippen LogP contribution in [0.1, 0.15) is 22.5 Å². The van der Waals surface area contributed by atoms with E-state index in [0.29, 0.717) is 37.4 Å². The summed E-state index contributed by atoms with van der Waals surface area (Å²) in [5, 5.41) is 7.37. The highest BCUT2D eigenvalue weighted by Gasteiger charge is 2.04. The monoisotopic (exact) mass is 255 g/mol. The van der Waals surface area contributed by atoms with E-state index in [9.17, 15) is 9.59 Å². The third kappa shape index (κ3) is 5.46. The molecule has 0 atom stereocenters. The molecule has 4 N–H and O–H groups in total. The van der Waals surface area contributed by atoms with Gasteiger partial charge in [-0.2, -0.15) is 0 Å². The van der Waals surface area contributed by atoms with Gasteiger partial charge in [0.25, 0.3) is 5.91 Å². The third-order valence-electron chi connectivity index (χ3n) is 2.08. The van der Waals surface area contributed by atoms with Crippen LogP contribution in [0.4, 0.5) is 0 Å². The van der Waals surface area contributed by atoms with Gasteiger partial charge in [-0.25, -0.2) is 0 Å². The second-order valence-electron chi connectivity index (χ2n) is 3.48. The average Bonchev–Trinajstić information content (AvgIpc) is 2.82. The Labute approximate surface area is 104 Å². The summed E-state index contributed by atoms with van der Waals surface area (Å²) in [5.41, 5.74) is 5.24. The normalized spacial score (nSPS) is 9.94. The minimum atomic E-state index is -0.0618. The van der Waals surface area contributed by atoms with Gasteiger partial charge in [-0.05, 0) is 17.9 Å². The van der Waals surface area contributed by atoms with Gasteiger partial charge in [-0.3, -0.25) is 9.59 Å². The first-order chi connectivity index (χ1) is 8.24. The van der Waals surface area contributed by atoms with E-state index in [4.69, 9.17) is 5.73 Å². The topological polar surface area (TPSA) is 84.2 Å². The van der Waals surface area contributed by atoms with Crippen molar-refractivity contribution < 1.29 is 9.59 Å². The number of hydrogen-bond donors (Lipinski definition) is 3. The van der Waals surface area contributed by atoms with Crippen molar-refractivity contribution in [3.63, 3.8) is 0 Å². The average molecular weight is 255 g/mol. The van der Waals surface area contributed by atoms with Gasteiger partial charge in [-0.15, -0.1) is 11.3 Å². The Balaban J connectivity index is 2.05. The lowest BCUT2D eigenvalue weighted by molar-refractivity contribution is -0.120. The SMILES string of the molecule is NCCC(=O)NCCCNC(=O)c1cccs1. The van der Waals surface area contributed by atoms with E-state index < -0.39 is 0 Å². The van der Waals surface area contributed by atoms with Crippen molar-refractivity contribution in [1.82, 2.24) is 10.6 Å². The summed E-state index contributed by atoms with van der Waals surface area (Å²) in [6, 6.07) is 3.62. The van der Waals surface area contributed by atoms with Crippen molar-refractivity contribution in [3.05, 3.63) is 22.4 Å². The number of carbonyl (C=O) groups excluding carboxylic acids is 2. The quantitative estimate of drug-likeness (QED) is 0.614. The van der Waals surface area contributed by atoms with Crippen molar-refractivity contribution in [2.45, 2.75) is 12.8 Å². The van der Waals surface area contributed by atoms with Gasteiger partial charge < -0.3 is 16.4 Å². The van der Waals surface area contributed by atoms with E-state index in [0.717, 1.165) is 0 Å². The molecule has 2 amide bonds. The van der Waals surface area contributed by atoms with Crippen LogP contribution in [0.15, 0.2) is 17.5 Å². The lowest BCUT2D eigenvalue weighted by Gasteiger charge is -2.05. The number of rotatable bonds is 7. The van der Waals surface area contributed by atoms with Crippen LogP contribution in [-0.2, 0) is 4.79 Å². The predicted octanol–water partition coefficient (Wildman–Crippen LogP) is 0.333. The summed E-state index contributed by atoms with van der Waals surface area (Å²) >= 11 is 1.41. The van der Waals surface area contributed by atoms with Gasteiger partial charge in [-0.1, -0.05) is 6.07 Å². The number of hydrogen-bond acceptors (Lipinski definition) is 4. The lowest BCUT2D eigenvalue weighted by atomic mass is 10.3. The van der Waals surface area contributed by atoms with E-state index in [2.05, 4.69) is 10.6 Å². The van der Waals surface area contributed by atoms with Crippen LogP contribution < -0.4 is 16.4 Å². The van der Waals surface area contributed by atoms with Crippen molar-refractivity contribution >= 4 is 23.2 Å². The molecule has 0 spiro atoms. The first kappa shape index (κ1) is 13.7. The van der Waals surface area contributed by atoms with Crippen LogP contribution in [-0.4, -0.2) is 31.4 Å². The molecule has 0 fully saturated rings. The molecule has 0 unspecified atom stereocenters. The van der Waals surface area contributed by atoms with Gasteiger partial charge >= 0.3 is 0 Å². The molecule has 0 aliphatic rings. The van der Waals surface area contributed by atoms with Crippen LogP contribution in [0.25, 0.3) is 0 Å². The fourth-order valence-electron chi connectivity index (χ4n) is 1.23. The Morgan fingerprint density at radius 1 is 1.29 bits per heavy atom. The molecule has 1 rings (SSSR count). The molecule has 6 heteroatoms. The molecule has 94 valence electrons. The minimum Gasteiger partial charge on any atom is -0.356 e. The van der Waals surface area contributed by atoms with Gasteiger partial charge in [0.1, 0.15) is 0 Å². The third-order valence-corrected chi connectivity index (χ3v) is 2.95. The van der Waals surface area contributed by atoms with Gasteiger partial charge in [0, 0.05) is 26.1 Å². The molecule has 0 saturated carbocycles. The molecule has 1 heterocycles. The van der Waals surface area contributed by atoms with E-state index in [1.165, 1.54) is 11.3 Å². The number of nitrogens with one attached hydrogen (secondary N) is 2. The highest BCUT2D eigenvalue weighted by atomic mass is 32.1. The summed E-state index contributed by atoms with van der Waals surface area (Å²) in [5.74, 6) is -0.106. The van der Waals surface area contributed by atoms with E-state index in [1.54, 1.807) is 6.07 Å². The van der Waals surface area contributed by atoms with Crippen LogP contribution >= 0.6 is 11.3 Å². The maximum Gasteiger partial charge on any atom is 0.261 e. The number of carbonyl (C=O) groups is 2. The molecule has 0 bridgehead atoms. The van der Waals surface area contributed by atoms with E-state index in [1.807, 2.05) is 11.4 Å². The van der Waals surface area contributed by atoms with E-state index in [-0.39, 0.29) is 11.8 Å². The Kier molecular flexibility index (Phi) is 6.27. The Morgan fingerprint density at radius 3 is 2.71 bits per heavy atom. The van der Waals surface area contributed by atoms with E-state index >= 15 is 0 Å². The zero-order valence-electron chi connectivity index (χ0n) is 9.57. The highest BCUT2D eigenvalue weighted by molar-refractivity contribution is 7.12. The minimum absolute atomic E-state index is 0.0444. The molecule has 1 aromatic rings. The molecule has 0 aliphatic heterocycles. The highest BCUT2D eigenvalue weighted by Crippen LogP contribution is 2.07. The zero-order valence-corrected chi connectivity index (χ0v) is 10.4. The second kappa shape index (κ2) is 7.81. The Hall–Kier alpha value is -1.40. The maximum absolute atomic E-state index is 11.5. The van der Waals surface area contributed by atoms with Crippen molar-refractivity contribution in [1.29, 1.82) is 0 Å². The number of nitrogens with two attached hydrogens (primary N) is 1. The van der Waals surface area contributed by atoms with Crippen molar-refractivity contribution in [2.24, 2.45) is 5.73 Å². The van der Waals surface area contributed by atoms with Crippen LogP contribution in [0.2, 0.25) is 0 Å². The predicted molar refractivity (Wildman–Crippen MR) is 68.0 cm³/mol. The van der Waals surface area contributed by atoms with Gasteiger partial charge in [0.05, 0.1) is 4.88 Å². The smallest absolute Gasteiger partial charge is 0.261 e. The number of thiophene rings is 1. The van der Waals surface area contributed by atoms with Crippen LogP contribution in [0.3, 0.4) is 0 Å². The van der Waals surface area contributed by atoms with Gasteiger partial charge in [0.15, 0.2) is 0 Å². The Morgan fingerprint density at radius 2 is 2.06 bits per heavy atom. The summed E-state index contributed by atoms with van der Waals surface area (Å²) in [6.45, 7) is 1.48. The molecule has 17 heavy (non-hydrogen) atoms. The summed E-state index contributed by atoms with van der Waals surface area (Å²) in [7, 11) is 0. The molecule has 0 saturated heterocycles. The zero-order chi connectivity index (χ0) is 12.5. The van der Waals surface area contributed by atoms with Crippen LogP contribution in [0, 0.1) is 0 Å². The fourth-order valence-corrected chi connectivity index (χ4v) is 1.87. The molecule has 5 nitrogen and oxygen atoms in total. The Bertz CT molecular complexity index is 352. The molecular weight excluding hydrogens is 238 g/mol. The standard InChI is InChI=1S/C11H17N3O2S/c12-5-4-10(15)13-6-2-7-14-11(16)9-3-1-8-17-9/h1,3,8H,2,4-7,12H2,(H,13,15)(H,14,16). The first-order valence-electron chi connectivity index (χ1n) is 5.52. The molecule has 1 aromatic heterocycles. The largest absolute Gasteiger partial charge is 0.356 e. The summed E-state index contributed by atoms with van der Waals surface area (Å²) in [6.07, 6.45) is 1.06.